The molecule has 48 valence electrons. The molecule has 0 aromatic rings. The number of rotatable bonds is 0. The number of hydrogen-bond acceptors (Lipinski definition) is 1. The maximum Gasteiger partial charge on any atom is 2.00 e. The molecular formula is H6Cl5MgN. The van der Waals surface area contributed by atoms with Crippen LogP contribution < -0.4 is 31.0 Å². The maximum absolute atomic E-state index is 0. The standard InChI is InChI=1S/5ClH.Mg.H3N/h5*1H;;1H3/q;;;;;+2;/p-2. The van der Waals surface area contributed by atoms with Crippen molar-refractivity contribution < 1.29 is 24.8 Å². The Morgan fingerprint density at radius 3 is 0.571 bits per heavy atom. The SMILES string of the molecule is Cl.Cl.Cl.N.[Cl-].[Cl-].[Mg+2]. The quantitative estimate of drug-likeness (QED) is 0.409. The van der Waals surface area contributed by atoms with Gasteiger partial charge in [-0.25, -0.2) is 0 Å². The van der Waals surface area contributed by atoms with Gasteiger partial charge in [0.2, 0.25) is 0 Å². The van der Waals surface area contributed by atoms with Crippen LogP contribution in [0.4, 0.5) is 0 Å². The summed E-state index contributed by atoms with van der Waals surface area (Å²) in [7, 11) is 0. The molecule has 0 rings (SSSR count). The molecule has 0 saturated carbocycles. The van der Waals surface area contributed by atoms with E-state index in [-0.39, 0.29) is 91.2 Å². The van der Waals surface area contributed by atoms with Gasteiger partial charge in [0.15, 0.2) is 0 Å². The summed E-state index contributed by atoms with van der Waals surface area (Å²) in [6.07, 6.45) is 0. The topological polar surface area (TPSA) is 35.0 Å². The Morgan fingerprint density at radius 2 is 0.571 bits per heavy atom. The van der Waals surface area contributed by atoms with Gasteiger partial charge in [-0.1, -0.05) is 0 Å². The third-order valence-electron chi connectivity index (χ3n) is 0. The Labute approximate surface area is 90.5 Å². The van der Waals surface area contributed by atoms with Gasteiger partial charge in [-0.05, 0) is 0 Å². The average molecular weight is 222 g/mol. The van der Waals surface area contributed by atoms with Gasteiger partial charge < -0.3 is 31.0 Å². The van der Waals surface area contributed by atoms with E-state index in [0.29, 0.717) is 0 Å². The molecule has 0 fully saturated rings. The van der Waals surface area contributed by atoms with E-state index >= 15 is 0 Å². The van der Waals surface area contributed by atoms with Gasteiger partial charge in [0.25, 0.3) is 0 Å². The second kappa shape index (κ2) is 88.9. The minimum Gasteiger partial charge on any atom is -1.00 e. The first-order valence-electron chi connectivity index (χ1n) is 0. The van der Waals surface area contributed by atoms with E-state index in [0.717, 1.165) is 0 Å². The smallest absolute Gasteiger partial charge is 1.00 e. The Morgan fingerprint density at radius 1 is 0.571 bits per heavy atom. The van der Waals surface area contributed by atoms with Crippen LogP contribution in [0, 0.1) is 0 Å². The van der Waals surface area contributed by atoms with E-state index in [2.05, 4.69) is 0 Å². The van der Waals surface area contributed by atoms with Crippen molar-refractivity contribution in [3.05, 3.63) is 0 Å². The van der Waals surface area contributed by atoms with Crippen LogP contribution in [0.15, 0.2) is 0 Å². The molecule has 7 heteroatoms. The molecule has 3 N–H and O–H groups in total. The van der Waals surface area contributed by atoms with Crippen molar-refractivity contribution in [2.75, 3.05) is 0 Å². The molecule has 0 aliphatic carbocycles. The summed E-state index contributed by atoms with van der Waals surface area (Å²) in [6.45, 7) is 0. The number of hydrogen-bond donors (Lipinski definition) is 1. The first-order valence-corrected chi connectivity index (χ1v) is 0. The first kappa shape index (κ1) is 130. The third-order valence-corrected chi connectivity index (χ3v) is 0. The summed E-state index contributed by atoms with van der Waals surface area (Å²) in [4.78, 5) is 0. The fourth-order valence-electron chi connectivity index (χ4n) is 0. The van der Waals surface area contributed by atoms with Crippen LogP contribution in [0.5, 0.6) is 0 Å². The molecule has 0 spiro atoms. The van der Waals surface area contributed by atoms with Crippen molar-refractivity contribution >= 4 is 60.3 Å². The molecule has 0 atom stereocenters. The van der Waals surface area contributed by atoms with Crippen LogP contribution in [-0.2, 0) is 0 Å². The molecule has 0 heterocycles. The minimum atomic E-state index is 0. The van der Waals surface area contributed by atoms with Gasteiger partial charge in [0, 0.05) is 0 Å². The summed E-state index contributed by atoms with van der Waals surface area (Å²) in [6, 6.07) is 0. The van der Waals surface area contributed by atoms with Gasteiger partial charge in [-0.2, -0.15) is 0 Å². The van der Waals surface area contributed by atoms with E-state index in [4.69, 9.17) is 0 Å². The molecule has 0 unspecified atom stereocenters. The molecule has 0 aromatic carbocycles. The summed E-state index contributed by atoms with van der Waals surface area (Å²) in [5, 5.41) is 0. The average Bonchev–Trinajstić information content (AvgIpc) is 0. The van der Waals surface area contributed by atoms with Crippen molar-refractivity contribution in [3.8, 4) is 0 Å². The van der Waals surface area contributed by atoms with E-state index in [1.807, 2.05) is 0 Å². The van der Waals surface area contributed by atoms with E-state index in [1.165, 1.54) is 0 Å². The van der Waals surface area contributed by atoms with Gasteiger partial charge in [0.1, 0.15) is 0 Å². The minimum absolute atomic E-state index is 0. The van der Waals surface area contributed by atoms with Crippen LogP contribution in [0.2, 0.25) is 0 Å². The number of halogens is 5. The Balaban J connectivity index is 0. The summed E-state index contributed by atoms with van der Waals surface area (Å²) in [5.74, 6) is 0. The third kappa shape index (κ3) is 65.9. The van der Waals surface area contributed by atoms with E-state index < -0.39 is 0 Å². The molecule has 0 saturated heterocycles. The van der Waals surface area contributed by atoms with Crippen LogP contribution >= 0.6 is 37.2 Å². The maximum atomic E-state index is 0. The zero-order valence-electron chi connectivity index (χ0n) is 3.39. The van der Waals surface area contributed by atoms with Gasteiger partial charge >= 0.3 is 23.1 Å². The molecule has 1 nitrogen and oxygen atoms in total. The molecule has 0 aliphatic rings. The molecular weight excluding hydrogens is 216 g/mol. The summed E-state index contributed by atoms with van der Waals surface area (Å²) < 4.78 is 0. The fraction of sp³-hybridized carbons (Fsp3) is 0. The van der Waals surface area contributed by atoms with Crippen molar-refractivity contribution in [1.82, 2.24) is 6.15 Å². The van der Waals surface area contributed by atoms with Crippen molar-refractivity contribution in [2.45, 2.75) is 0 Å². The molecule has 0 radical (unpaired) electrons. The second-order valence-electron chi connectivity index (χ2n) is 0. The van der Waals surface area contributed by atoms with Gasteiger partial charge in [-0.3, -0.25) is 0 Å². The monoisotopic (exact) mass is 219 g/mol. The molecule has 0 aliphatic heterocycles. The Bertz CT molecular complexity index is 8.04. The molecule has 0 bridgehead atoms. The van der Waals surface area contributed by atoms with Crippen molar-refractivity contribution in [1.29, 1.82) is 0 Å². The Kier molecular flexibility index (Phi) is 1650. The Hall–Kier alpha value is 2.18. The van der Waals surface area contributed by atoms with E-state index in [9.17, 15) is 0 Å². The van der Waals surface area contributed by atoms with Crippen molar-refractivity contribution in [2.24, 2.45) is 0 Å². The summed E-state index contributed by atoms with van der Waals surface area (Å²) in [5.41, 5.74) is 0. The van der Waals surface area contributed by atoms with Crippen LogP contribution in [-0.4, -0.2) is 23.1 Å². The van der Waals surface area contributed by atoms with Crippen molar-refractivity contribution in [3.63, 3.8) is 0 Å². The van der Waals surface area contributed by atoms with E-state index in [1.54, 1.807) is 0 Å². The van der Waals surface area contributed by atoms with Gasteiger partial charge in [0.05, 0.1) is 0 Å². The van der Waals surface area contributed by atoms with Crippen LogP contribution in [0.3, 0.4) is 0 Å². The normalized spacial score (nSPS) is 0. The molecule has 0 amide bonds. The second-order valence-corrected chi connectivity index (χ2v) is 0. The predicted molar refractivity (Wildman–Crippen MR) is 32.5 cm³/mol. The van der Waals surface area contributed by atoms with Crippen LogP contribution in [0.25, 0.3) is 0 Å². The molecule has 0 aromatic heterocycles. The fourth-order valence-corrected chi connectivity index (χ4v) is 0. The first-order chi connectivity index (χ1) is 0. The zero-order chi connectivity index (χ0) is 0. The van der Waals surface area contributed by atoms with Gasteiger partial charge in [-0.15, -0.1) is 37.2 Å². The summed E-state index contributed by atoms with van der Waals surface area (Å²) >= 11 is 0. The van der Waals surface area contributed by atoms with Crippen LogP contribution in [0.1, 0.15) is 0 Å². The molecule has 7 heavy (non-hydrogen) atoms. The predicted octanol–water partition coefficient (Wildman–Crippen LogP) is -4.95. The largest absolute Gasteiger partial charge is 2.00 e. The zero-order valence-corrected chi connectivity index (χ0v) is 8.77.